The molecule has 1 aliphatic heterocycles. The summed E-state index contributed by atoms with van der Waals surface area (Å²) in [7, 11) is 0. The number of hydrogen-bond donors (Lipinski definition) is 2. The van der Waals surface area contributed by atoms with Crippen molar-refractivity contribution in [2.45, 2.75) is 31.9 Å². The van der Waals surface area contributed by atoms with Crippen LogP contribution in [-0.2, 0) is 11.3 Å². The maximum Gasteiger partial charge on any atom is 0.309 e. The normalized spacial score (nSPS) is 20.9. The molecular weight excluding hydrogens is 242 g/mol. The van der Waals surface area contributed by atoms with Crippen LogP contribution in [0.1, 0.15) is 25.3 Å². The number of aliphatic carboxylic acids is 1. The van der Waals surface area contributed by atoms with E-state index in [1.165, 1.54) is 5.56 Å². The van der Waals surface area contributed by atoms with Gasteiger partial charge in [0.1, 0.15) is 0 Å². The summed E-state index contributed by atoms with van der Waals surface area (Å²) in [6.07, 6.45) is 1.04. The minimum atomic E-state index is -1.06. The highest BCUT2D eigenvalue weighted by molar-refractivity contribution is 5.71. The molecule has 0 saturated carbocycles. The number of carbonyl (C=O) groups is 1. The first-order valence-electron chi connectivity index (χ1n) is 6.73. The molecule has 0 bridgehead atoms. The van der Waals surface area contributed by atoms with E-state index in [1.54, 1.807) is 6.92 Å². The van der Waals surface area contributed by atoms with E-state index in [-0.39, 0.29) is 0 Å². The standard InChI is InChI=1S/C15H21NO3/c1-12(14(17)18)15(19)7-9-16(10-8-15)11-13-5-3-2-4-6-13/h2-6,12,19H,7-11H2,1H3,(H,17,18). The van der Waals surface area contributed by atoms with Gasteiger partial charge in [-0.05, 0) is 25.3 Å². The van der Waals surface area contributed by atoms with Crippen molar-refractivity contribution in [3.05, 3.63) is 35.9 Å². The van der Waals surface area contributed by atoms with E-state index >= 15 is 0 Å². The quantitative estimate of drug-likeness (QED) is 0.868. The first kappa shape index (κ1) is 14.0. The van der Waals surface area contributed by atoms with Gasteiger partial charge in [-0.1, -0.05) is 30.3 Å². The fourth-order valence-electron chi connectivity index (χ4n) is 2.60. The number of hydrogen-bond acceptors (Lipinski definition) is 3. The van der Waals surface area contributed by atoms with Gasteiger partial charge in [0.2, 0.25) is 0 Å². The van der Waals surface area contributed by atoms with Crippen LogP contribution in [0.5, 0.6) is 0 Å². The van der Waals surface area contributed by atoms with Crippen molar-refractivity contribution in [1.29, 1.82) is 0 Å². The second kappa shape index (κ2) is 5.72. The van der Waals surface area contributed by atoms with Gasteiger partial charge in [0.25, 0.3) is 0 Å². The smallest absolute Gasteiger partial charge is 0.309 e. The summed E-state index contributed by atoms with van der Waals surface area (Å²) < 4.78 is 0. The summed E-state index contributed by atoms with van der Waals surface area (Å²) in [5.74, 6) is -1.62. The molecular formula is C15H21NO3. The van der Waals surface area contributed by atoms with Crippen LogP contribution in [-0.4, -0.2) is 39.8 Å². The Hall–Kier alpha value is -1.39. The third kappa shape index (κ3) is 3.33. The molecule has 0 aromatic heterocycles. The molecule has 1 saturated heterocycles. The van der Waals surface area contributed by atoms with E-state index in [0.717, 1.165) is 19.6 Å². The first-order valence-corrected chi connectivity index (χ1v) is 6.73. The van der Waals surface area contributed by atoms with Crippen LogP contribution in [0.3, 0.4) is 0 Å². The van der Waals surface area contributed by atoms with Crippen LogP contribution in [0.25, 0.3) is 0 Å². The van der Waals surface area contributed by atoms with Crippen molar-refractivity contribution < 1.29 is 15.0 Å². The molecule has 1 aromatic rings. The van der Waals surface area contributed by atoms with Gasteiger partial charge in [-0.3, -0.25) is 9.69 Å². The van der Waals surface area contributed by atoms with Crippen molar-refractivity contribution in [2.24, 2.45) is 5.92 Å². The van der Waals surface area contributed by atoms with Crippen molar-refractivity contribution in [3.63, 3.8) is 0 Å². The molecule has 4 nitrogen and oxygen atoms in total. The van der Waals surface area contributed by atoms with Crippen molar-refractivity contribution in [1.82, 2.24) is 4.90 Å². The summed E-state index contributed by atoms with van der Waals surface area (Å²) in [4.78, 5) is 13.3. The highest BCUT2D eigenvalue weighted by Crippen LogP contribution is 2.30. The summed E-state index contributed by atoms with van der Waals surface area (Å²) >= 11 is 0. The summed E-state index contributed by atoms with van der Waals surface area (Å²) in [5.41, 5.74) is 0.193. The Balaban J connectivity index is 1.90. The average Bonchev–Trinajstić information content (AvgIpc) is 2.42. The van der Waals surface area contributed by atoms with Gasteiger partial charge in [-0.25, -0.2) is 0 Å². The molecule has 1 unspecified atom stereocenters. The number of carboxylic acids is 1. The Kier molecular flexibility index (Phi) is 4.22. The Labute approximate surface area is 113 Å². The van der Waals surface area contributed by atoms with Crippen molar-refractivity contribution in [2.75, 3.05) is 13.1 Å². The van der Waals surface area contributed by atoms with E-state index in [4.69, 9.17) is 5.11 Å². The summed E-state index contributed by atoms with van der Waals surface area (Å²) in [5, 5.41) is 19.4. The molecule has 2 N–H and O–H groups in total. The molecule has 0 radical (unpaired) electrons. The second-order valence-corrected chi connectivity index (χ2v) is 5.43. The Bertz CT molecular complexity index is 424. The zero-order valence-electron chi connectivity index (χ0n) is 11.2. The minimum Gasteiger partial charge on any atom is -0.481 e. The van der Waals surface area contributed by atoms with E-state index in [1.807, 2.05) is 18.2 Å². The SMILES string of the molecule is CC(C(=O)O)C1(O)CCN(Cc2ccccc2)CC1. The number of aliphatic hydroxyl groups is 1. The molecule has 0 spiro atoms. The maximum atomic E-state index is 11.0. The molecule has 1 atom stereocenters. The topological polar surface area (TPSA) is 60.8 Å². The molecule has 1 aromatic carbocycles. The molecule has 1 heterocycles. The van der Waals surface area contributed by atoms with Crippen LogP contribution < -0.4 is 0 Å². The number of piperidine rings is 1. The number of carboxylic acid groups (broad SMARTS) is 1. The lowest BCUT2D eigenvalue weighted by molar-refractivity contribution is -0.154. The van der Waals surface area contributed by atoms with Crippen LogP contribution in [0.2, 0.25) is 0 Å². The molecule has 2 rings (SSSR count). The number of likely N-dealkylation sites (tertiary alicyclic amines) is 1. The number of rotatable bonds is 4. The zero-order valence-corrected chi connectivity index (χ0v) is 11.2. The van der Waals surface area contributed by atoms with Crippen molar-refractivity contribution in [3.8, 4) is 0 Å². The van der Waals surface area contributed by atoms with Gasteiger partial charge >= 0.3 is 5.97 Å². The Morgan fingerprint density at radius 1 is 1.32 bits per heavy atom. The van der Waals surface area contributed by atoms with E-state index in [2.05, 4.69) is 17.0 Å². The molecule has 1 fully saturated rings. The van der Waals surface area contributed by atoms with Gasteiger partial charge in [-0.15, -0.1) is 0 Å². The highest BCUT2D eigenvalue weighted by atomic mass is 16.4. The first-order chi connectivity index (χ1) is 9.01. The second-order valence-electron chi connectivity index (χ2n) is 5.43. The molecule has 104 valence electrons. The molecule has 0 aliphatic carbocycles. The lowest BCUT2D eigenvalue weighted by Crippen LogP contribution is -2.49. The minimum absolute atomic E-state index is 0.521. The fourth-order valence-corrected chi connectivity index (χ4v) is 2.60. The molecule has 4 heteroatoms. The van der Waals surface area contributed by atoms with Crippen LogP contribution in [0.15, 0.2) is 30.3 Å². The largest absolute Gasteiger partial charge is 0.481 e. The molecule has 0 amide bonds. The number of benzene rings is 1. The maximum absolute atomic E-state index is 11.0. The lowest BCUT2D eigenvalue weighted by atomic mass is 9.80. The van der Waals surface area contributed by atoms with Crippen LogP contribution >= 0.6 is 0 Å². The van der Waals surface area contributed by atoms with Crippen LogP contribution in [0.4, 0.5) is 0 Å². The van der Waals surface area contributed by atoms with Crippen molar-refractivity contribution >= 4 is 5.97 Å². The van der Waals surface area contributed by atoms with Gasteiger partial charge in [0, 0.05) is 19.6 Å². The summed E-state index contributed by atoms with van der Waals surface area (Å²) in [6.45, 7) is 3.93. The van der Waals surface area contributed by atoms with E-state index in [0.29, 0.717) is 12.8 Å². The monoisotopic (exact) mass is 263 g/mol. The summed E-state index contributed by atoms with van der Waals surface area (Å²) in [6, 6.07) is 10.2. The average molecular weight is 263 g/mol. The Morgan fingerprint density at radius 3 is 2.42 bits per heavy atom. The van der Waals surface area contributed by atoms with E-state index in [9.17, 15) is 9.90 Å². The number of nitrogens with zero attached hydrogens (tertiary/aromatic N) is 1. The predicted octanol–water partition coefficient (Wildman–Crippen LogP) is 1.73. The zero-order chi connectivity index (χ0) is 13.9. The van der Waals surface area contributed by atoms with Gasteiger partial charge in [0.15, 0.2) is 0 Å². The van der Waals surface area contributed by atoms with Crippen LogP contribution in [0, 0.1) is 5.92 Å². The fraction of sp³-hybridized carbons (Fsp3) is 0.533. The highest BCUT2D eigenvalue weighted by Gasteiger charge is 2.40. The third-order valence-corrected chi connectivity index (χ3v) is 4.15. The van der Waals surface area contributed by atoms with Gasteiger partial charge < -0.3 is 10.2 Å². The van der Waals surface area contributed by atoms with E-state index < -0.39 is 17.5 Å². The van der Waals surface area contributed by atoms with Gasteiger partial charge in [-0.2, -0.15) is 0 Å². The lowest BCUT2D eigenvalue weighted by Gasteiger charge is -2.40. The molecule has 1 aliphatic rings. The van der Waals surface area contributed by atoms with Gasteiger partial charge in [0.05, 0.1) is 11.5 Å². The Morgan fingerprint density at radius 2 is 1.89 bits per heavy atom. The molecule has 19 heavy (non-hydrogen) atoms. The predicted molar refractivity (Wildman–Crippen MR) is 72.7 cm³/mol. The third-order valence-electron chi connectivity index (χ3n) is 4.15.